The van der Waals surface area contributed by atoms with E-state index in [9.17, 15) is 5.11 Å². The lowest BCUT2D eigenvalue weighted by Crippen LogP contribution is -2.52. The van der Waals surface area contributed by atoms with Crippen molar-refractivity contribution in [2.45, 2.75) is 77.5 Å². The number of rotatable bonds is 8. The van der Waals surface area contributed by atoms with E-state index in [1.165, 1.54) is 19.3 Å². The van der Waals surface area contributed by atoms with Crippen LogP contribution in [0, 0.1) is 5.92 Å². The molecule has 0 aromatic carbocycles. The van der Waals surface area contributed by atoms with Crippen molar-refractivity contribution < 1.29 is 9.84 Å². The van der Waals surface area contributed by atoms with Gasteiger partial charge in [0.1, 0.15) is 0 Å². The molecule has 1 aliphatic rings. The first kappa shape index (κ1) is 16.9. The molecule has 0 bridgehead atoms. The van der Waals surface area contributed by atoms with Gasteiger partial charge in [0, 0.05) is 25.7 Å². The Morgan fingerprint density at radius 3 is 2.63 bits per heavy atom. The molecule has 0 heterocycles. The first-order valence-corrected chi connectivity index (χ1v) is 8.06. The summed E-state index contributed by atoms with van der Waals surface area (Å²) in [4.78, 5) is 2.48. The van der Waals surface area contributed by atoms with Gasteiger partial charge in [0.15, 0.2) is 0 Å². The van der Waals surface area contributed by atoms with Crippen molar-refractivity contribution in [3.05, 3.63) is 0 Å². The van der Waals surface area contributed by atoms with Gasteiger partial charge >= 0.3 is 0 Å². The molecule has 0 aromatic rings. The van der Waals surface area contributed by atoms with E-state index in [0.717, 1.165) is 38.3 Å². The van der Waals surface area contributed by atoms with Gasteiger partial charge in [-0.25, -0.2) is 0 Å². The molecular weight excluding hydrogens is 238 g/mol. The minimum atomic E-state index is -0.154. The Morgan fingerprint density at radius 1 is 1.32 bits per heavy atom. The molecule has 1 fully saturated rings. The summed E-state index contributed by atoms with van der Waals surface area (Å²) in [5.41, 5.74) is 0. The third-order valence-electron chi connectivity index (χ3n) is 4.72. The summed E-state index contributed by atoms with van der Waals surface area (Å²) >= 11 is 0. The van der Waals surface area contributed by atoms with Gasteiger partial charge in [-0.3, -0.25) is 4.90 Å². The largest absolute Gasteiger partial charge is 0.391 e. The lowest BCUT2D eigenvalue weighted by Gasteiger charge is -2.43. The Labute approximate surface area is 119 Å². The van der Waals surface area contributed by atoms with Gasteiger partial charge in [0.25, 0.3) is 0 Å². The average molecular weight is 271 g/mol. The maximum absolute atomic E-state index is 10.4. The number of methoxy groups -OCH3 is 1. The maximum Gasteiger partial charge on any atom is 0.0695 e. The van der Waals surface area contributed by atoms with Crippen LogP contribution < -0.4 is 0 Å². The predicted molar refractivity (Wildman–Crippen MR) is 80.4 cm³/mol. The highest BCUT2D eigenvalue weighted by Gasteiger charge is 2.34. The molecule has 19 heavy (non-hydrogen) atoms. The molecule has 1 saturated carbocycles. The SMILES string of the molecule is CCCC1CCC(O)C(N(CCOC)C(C)CC)C1. The summed E-state index contributed by atoms with van der Waals surface area (Å²) in [5.74, 6) is 0.799. The van der Waals surface area contributed by atoms with E-state index in [4.69, 9.17) is 4.74 Å². The smallest absolute Gasteiger partial charge is 0.0695 e. The molecule has 0 radical (unpaired) electrons. The van der Waals surface area contributed by atoms with E-state index >= 15 is 0 Å². The Kier molecular flexibility index (Phi) is 7.96. The van der Waals surface area contributed by atoms with Crippen molar-refractivity contribution >= 4 is 0 Å². The monoisotopic (exact) mass is 271 g/mol. The summed E-state index contributed by atoms with van der Waals surface area (Å²) in [5, 5.41) is 10.4. The van der Waals surface area contributed by atoms with E-state index in [1.54, 1.807) is 7.11 Å². The van der Waals surface area contributed by atoms with Crippen LogP contribution in [0.1, 0.15) is 59.3 Å². The lowest BCUT2D eigenvalue weighted by atomic mass is 9.80. The number of nitrogens with zero attached hydrogens (tertiary/aromatic N) is 1. The number of hydrogen-bond donors (Lipinski definition) is 1. The number of aliphatic hydroxyl groups excluding tert-OH is 1. The Balaban J connectivity index is 2.67. The first-order valence-electron chi connectivity index (χ1n) is 8.06. The van der Waals surface area contributed by atoms with Crippen LogP contribution in [-0.4, -0.2) is 48.5 Å². The van der Waals surface area contributed by atoms with Gasteiger partial charge in [-0.05, 0) is 38.5 Å². The molecule has 0 spiro atoms. The van der Waals surface area contributed by atoms with Crippen LogP contribution >= 0.6 is 0 Å². The highest BCUT2D eigenvalue weighted by Crippen LogP contribution is 2.32. The van der Waals surface area contributed by atoms with Gasteiger partial charge < -0.3 is 9.84 Å². The zero-order valence-electron chi connectivity index (χ0n) is 13.3. The van der Waals surface area contributed by atoms with Gasteiger partial charge in [-0.15, -0.1) is 0 Å². The summed E-state index contributed by atoms with van der Waals surface area (Å²) in [6.45, 7) is 8.45. The van der Waals surface area contributed by atoms with Gasteiger partial charge in [-0.1, -0.05) is 26.7 Å². The molecule has 3 nitrogen and oxygen atoms in total. The predicted octanol–water partition coefficient (Wildman–Crippen LogP) is 3.06. The van der Waals surface area contributed by atoms with E-state index in [0.29, 0.717) is 12.1 Å². The molecule has 0 aromatic heterocycles. The zero-order valence-corrected chi connectivity index (χ0v) is 13.3. The third-order valence-corrected chi connectivity index (χ3v) is 4.72. The summed E-state index contributed by atoms with van der Waals surface area (Å²) in [6.07, 6.45) is 6.86. The molecule has 0 amide bonds. The molecule has 0 saturated heterocycles. The molecule has 1 N–H and O–H groups in total. The third kappa shape index (κ3) is 5.05. The van der Waals surface area contributed by atoms with E-state index in [2.05, 4.69) is 25.7 Å². The Morgan fingerprint density at radius 2 is 2.05 bits per heavy atom. The van der Waals surface area contributed by atoms with Crippen LogP contribution in [0.15, 0.2) is 0 Å². The number of aliphatic hydroxyl groups is 1. The average Bonchev–Trinajstić information content (AvgIpc) is 2.42. The number of ether oxygens (including phenoxy) is 1. The van der Waals surface area contributed by atoms with Gasteiger partial charge in [0.05, 0.1) is 12.7 Å². The fourth-order valence-electron chi connectivity index (χ4n) is 3.39. The molecule has 1 rings (SSSR count). The van der Waals surface area contributed by atoms with E-state index in [1.807, 2.05) is 0 Å². The summed E-state index contributed by atoms with van der Waals surface area (Å²) in [6, 6.07) is 0.852. The number of hydrogen-bond acceptors (Lipinski definition) is 3. The van der Waals surface area contributed by atoms with E-state index in [-0.39, 0.29) is 6.10 Å². The summed E-state index contributed by atoms with van der Waals surface area (Å²) < 4.78 is 5.24. The molecule has 3 heteroatoms. The maximum atomic E-state index is 10.4. The van der Waals surface area contributed by atoms with Gasteiger partial charge in [-0.2, -0.15) is 0 Å². The second kappa shape index (κ2) is 8.93. The molecule has 0 aliphatic heterocycles. The molecule has 4 atom stereocenters. The topological polar surface area (TPSA) is 32.7 Å². The normalized spacial score (nSPS) is 29.7. The van der Waals surface area contributed by atoms with E-state index < -0.39 is 0 Å². The molecular formula is C16H33NO2. The highest BCUT2D eigenvalue weighted by atomic mass is 16.5. The van der Waals surface area contributed by atoms with Crippen LogP contribution in [0.2, 0.25) is 0 Å². The van der Waals surface area contributed by atoms with Crippen LogP contribution in [0.3, 0.4) is 0 Å². The van der Waals surface area contributed by atoms with Crippen LogP contribution in [0.5, 0.6) is 0 Å². The minimum absolute atomic E-state index is 0.154. The Bertz CT molecular complexity index is 235. The first-order chi connectivity index (χ1) is 9.13. The van der Waals surface area contributed by atoms with Gasteiger partial charge in [0.2, 0.25) is 0 Å². The van der Waals surface area contributed by atoms with Crippen LogP contribution in [0.4, 0.5) is 0 Å². The summed E-state index contributed by atoms with van der Waals surface area (Å²) in [7, 11) is 1.76. The minimum Gasteiger partial charge on any atom is -0.391 e. The van der Waals surface area contributed by atoms with Crippen molar-refractivity contribution in [2.75, 3.05) is 20.3 Å². The highest BCUT2D eigenvalue weighted by molar-refractivity contribution is 4.88. The molecule has 1 aliphatic carbocycles. The van der Waals surface area contributed by atoms with Crippen LogP contribution in [-0.2, 0) is 4.74 Å². The lowest BCUT2D eigenvalue weighted by molar-refractivity contribution is -0.0244. The zero-order chi connectivity index (χ0) is 14.3. The fourth-order valence-corrected chi connectivity index (χ4v) is 3.39. The van der Waals surface area contributed by atoms with Crippen molar-refractivity contribution in [3.8, 4) is 0 Å². The van der Waals surface area contributed by atoms with Crippen molar-refractivity contribution in [3.63, 3.8) is 0 Å². The fraction of sp³-hybridized carbons (Fsp3) is 1.00. The standard InChI is InChI=1S/C16H33NO2/c1-5-7-14-8-9-16(18)15(12-14)17(10-11-19-4)13(3)6-2/h13-16,18H,5-12H2,1-4H3. The van der Waals surface area contributed by atoms with Crippen LogP contribution in [0.25, 0.3) is 0 Å². The molecule has 4 unspecified atom stereocenters. The van der Waals surface area contributed by atoms with Crippen molar-refractivity contribution in [2.24, 2.45) is 5.92 Å². The second-order valence-electron chi connectivity index (χ2n) is 6.09. The molecule has 114 valence electrons. The Hall–Kier alpha value is -0.120. The quantitative estimate of drug-likeness (QED) is 0.736. The van der Waals surface area contributed by atoms with Crippen molar-refractivity contribution in [1.82, 2.24) is 4.90 Å². The second-order valence-corrected chi connectivity index (χ2v) is 6.09. The van der Waals surface area contributed by atoms with Crippen molar-refractivity contribution in [1.29, 1.82) is 0 Å².